The molecule has 0 aliphatic carbocycles. The number of nitro groups is 1. The number of thiocarbonyl (C=S) groups is 1. The van der Waals surface area contributed by atoms with Crippen molar-refractivity contribution in [3.05, 3.63) is 70.3 Å². The number of non-ortho nitro benzene ring substituents is 1. The molecule has 1 amide bonds. The third-order valence-electron chi connectivity index (χ3n) is 3.32. The van der Waals surface area contributed by atoms with Gasteiger partial charge in [-0.1, -0.05) is 30.3 Å². The minimum absolute atomic E-state index is 0.0444. The molecule has 0 heterocycles. The van der Waals surface area contributed by atoms with Gasteiger partial charge >= 0.3 is 0 Å². The Bertz CT molecular complexity index is 750. The van der Waals surface area contributed by atoms with Gasteiger partial charge in [-0.3, -0.25) is 14.9 Å². The Hall–Kier alpha value is -3.00. The predicted octanol–water partition coefficient (Wildman–Crippen LogP) is 2.73. The van der Waals surface area contributed by atoms with Gasteiger partial charge in [0.25, 0.3) is 11.6 Å². The van der Waals surface area contributed by atoms with Crippen LogP contribution in [0, 0.1) is 10.1 Å². The molecule has 1 atom stereocenters. The molecule has 7 nitrogen and oxygen atoms in total. The van der Waals surface area contributed by atoms with Gasteiger partial charge in [-0.05, 0) is 36.8 Å². The van der Waals surface area contributed by atoms with E-state index in [1.54, 1.807) is 0 Å². The van der Waals surface area contributed by atoms with Gasteiger partial charge in [0.05, 0.1) is 11.0 Å². The molecule has 2 rings (SSSR count). The number of nitrogens with one attached hydrogen (secondary N) is 2. The number of hydrogen-bond acceptors (Lipinski definition) is 5. The van der Waals surface area contributed by atoms with Crippen LogP contribution in [0.2, 0.25) is 0 Å². The number of hydrogen-bond donors (Lipinski definition) is 2. The van der Waals surface area contributed by atoms with Crippen LogP contribution in [0.5, 0.6) is 5.75 Å². The SMILES string of the molecule is CC(NC(=S)NC(=O)COc1ccc([N+](=O)[O-])cc1)c1ccccc1. The third-order valence-corrected chi connectivity index (χ3v) is 3.54. The molecule has 8 heteroatoms. The van der Waals surface area contributed by atoms with E-state index in [4.69, 9.17) is 17.0 Å². The first kappa shape index (κ1) is 18.3. The average molecular weight is 359 g/mol. The summed E-state index contributed by atoms with van der Waals surface area (Å²) in [6, 6.07) is 15.1. The maximum Gasteiger partial charge on any atom is 0.269 e. The Morgan fingerprint density at radius 1 is 1.20 bits per heavy atom. The third kappa shape index (κ3) is 5.85. The normalized spacial score (nSPS) is 11.2. The first-order valence-electron chi connectivity index (χ1n) is 7.48. The second kappa shape index (κ2) is 8.74. The summed E-state index contributed by atoms with van der Waals surface area (Å²) in [5, 5.41) is 16.3. The molecule has 2 aromatic carbocycles. The molecule has 0 radical (unpaired) electrons. The number of ether oxygens (including phenoxy) is 1. The summed E-state index contributed by atoms with van der Waals surface area (Å²) in [5.41, 5.74) is 0.998. The molecular formula is C17H17N3O4S. The maximum atomic E-state index is 11.8. The van der Waals surface area contributed by atoms with E-state index in [0.29, 0.717) is 5.75 Å². The van der Waals surface area contributed by atoms with E-state index in [0.717, 1.165) is 5.56 Å². The van der Waals surface area contributed by atoms with Gasteiger partial charge in [-0.15, -0.1) is 0 Å². The van der Waals surface area contributed by atoms with Crippen molar-refractivity contribution in [1.29, 1.82) is 0 Å². The maximum absolute atomic E-state index is 11.8. The summed E-state index contributed by atoms with van der Waals surface area (Å²) < 4.78 is 5.27. The Kier molecular flexibility index (Phi) is 6.41. The van der Waals surface area contributed by atoms with E-state index in [1.165, 1.54) is 24.3 Å². The number of rotatable bonds is 6. The Balaban J connectivity index is 1.77. The van der Waals surface area contributed by atoms with Crippen LogP contribution in [-0.4, -0.2) is 22.5 Å². The molecule has 0 fully saturated rings. The zero-order chi connectivity index (χ0) is 18.2. The average Bonchev–Trinajstić information content (AvgIpc) is 2.61. The largest absolute Gasteiger partial charge is 0.484 e. The van der Waals surface area contributed by atoms with E-state index < -0.39 is 10.8 Å². The summed E-state index contributed by atoms with van der Waals surface area (Å²) in [6.45, 7) is 1.68. The first-order chi connectivity index (χ1) is 12.0. The minimum atomic E-state index is -0.505. The number of carbonyl (C=O) groups is 1. The van der Waals surface area contributed by atoms with Gasteiger partial charge < -0.3 is 15.4 Å². The Morgan fingerprint density at radius 3 is 2.44 bits per heavy atom. The first-order valence-corrected chi connectivity index (χ1v) is 7.89. The van der Waals surface area contributed by atoms with Gasteiger partial charge in [-0.25, -0.2) is 0 Å². The van der Waals surface area contributed by atoms with Crippen LogP contribution in [0.25, 0.3) is 0 Å². The van der Waals surface area contributed by atoms with E-state index in [1.807, 2.05) is 37.3 Å². The molecule has 0 aliphatic heterocycles. The highest BCUT2D eigenvalue weighted by atomic mass is 32.1. The van der Waals surface area contributed by atoms with Crippen molar-refractivity contribution in [2.75, 3.05) is 6.61 Å². The summed E-state index contributed by atoms with van der Waals surface area (Å²) in [7, 11) is 0. The van der Waals surface area contributed by atoms with Gasteiger partial charge in [0.2, 0.25) is 0 Å². The summed E-state index contributed by atoms with van der Waals surface area (Å²) in [4.78, 5) is 21.9. The van der Waals surface area contributed by atoms with Gasteiger partial charge in [0.15, 0.2) is 11.7 Å². The van der Waals surface area contributed by atoms with E-state index in [9.17, 15) is 14.9 Å². The summed E-state index contributed by atoms with van der Waals surface area (Å²) >= 11 is 5.11. The highest BCUT2D eigenvalue weighted by Crippen LogP contribution is 2.17. The fraction of sp³-hybridized carbons (Fsp3) is 0.176. The van der Waals surface area contributed by atoms with E-state index in [-0.39, 0.29) is 23.4 Å². The second-order valence-corrected chi connectivity index (χ2v) is 5.60. The summed E-state index contributed by atoms with van der Waals surface area (Å²) in [6.07, 6.45) is 0. The van der Waals surface area contributed by atoms with Crippen molar-refractivity contribution in [2.45, 2.75) is 13.0 Å². The zero-order valence-corrected chi connectivity index (χ0v) is 14.3. The van der Waals surface area contributed by atoms with Crippen LogP contribution in [-0.2, 0) is 4.79 Å². The quantitative estimate of drug-likeness (QED) is 0.468. The molecule has 130 valence electrons. The zero-order valence-electron chi connectivity index (χ0n) is 13.5. The monoisotopic (exact) mass is 359 g/mol. The number of benzene rings is 2. The van der Waals surface area contributed by atoms with Crippen LogP contribution >= 0.6 is 12.2 Å². The number of nitrogens with zero attached hydrogens (tertiary/aromatic N) is 1. The number of carbonyl (C=O) groups excluding carboxylic acids is 1. The van der Waals surface area contributed by atoms with Crippen LogP contribution in [0.3, 0.4) is 0 Å². The molecule has 0 bridgehead atoms. The Labute approximate surface area is 150 Å². The molecule has 25 heavy (non-hydrogen) atoms. The van der Waals surface area contributed by atoms with Crippen molar-refractivity contribution in [3.8, 4) is 5.75 Å². The molecular weight excluding hydrogens is 342 g/mol. The summed E-state index contributed by atoms with van der Waals surface area (Å²) in [5.74, 6) is -0.0617. The molecule has 0 saturated heterocycles. The molecule has 0 aromatic heterocycles. The number of nitro benzene ring substituents is 1. The fourth-order valence-electron chi connectivity index (χ4n) is 2.03. The van der Waals surface area contributed by atoms with Crippen molar-refractivity contribution in [2.24, 2.45) is 0 Å². The second-order valence-electron chi connectivity index (χ2n) is 5.19. The van der Waals surface area contributed by atoms with E-state index in [2.05, 4.69) is 10.6 Å². The molecule has 2 N–H and O–H groups in total. The van der Waals surface area contributed by atoms with Crippen molar-refractivity contribution in [1.82, 2.24) is 10.6 Å². The Morgan fingerprint density at radius 2 is 1.84 bits per heavy atom. The fourth-order valence-corrected chi connectivity index (χ4v) is 2.32. The highest BCUT2D eigenvalue weighted by Gasteiger charge is 2.10. The highest BCUT2D eigenvalue weighted by molar-refractivity contribution is 7.80. The van der Waals surface area contributed by atoms with Crippen LogP contribution < -0.4 is 15.4 Å². The molecule has 0 saturated carbocycles. The van der Waals surface area contributed by atoms with Crippen LogP contribution in [0.4, 0.5) is 5.69 Å². The lowest BCUT2D eigenvalue weighted by Crippen LogP contribution is -2.42. The van der Waals surface area contributed by atoms with Crippen molar-refractivity contribution >= 4 is 28.9 Å². The van der Waals surface area contributed by atoms with Crippen LogP contribution in [0.1, 0.15) is 18.5 Å². The molecule has 2 aromatic rings. The van der Waals surface area contributed by atoms with Crippen molar-refractivity contribution < 1.29 is 14.5 Å². The molecule has 1 unspecified atom stereocenters. The molecule has 0 spiro atoms. The van der Waals surface area contributed by atoms with Gasteiger partial charge in [0, 0.05) is 12.1 Å². The van der Waals surface area contributed by atoms with E-state index >= 15 is 0 Å². The standard InChI is InChI=1S/C17H17N3O4S/c1-12(13-5-3-2-4-6-13)18-17(25)19-16(21)11-24-15-9-7-14(8-10-15)20(22)23/h2-10,12H,11H2,1H3,(H2,18,19,21,25). The topological polar surface area (TPSA) is 93.5 Å². The number of amides is 1. The van der Waals surface area contributed by atoms with Gasteiger partial charge in [-0.2, -0.15) is 0 Å². The van der Waals surface area contributed by atoms with Crippen molar-refractivity contribution in [3.63, 3.8) is 0 Å². The lowest BCUT2D eigenvalue weighted by Gasteiger charge is -2.16. The van der Waals surface area contributed by atoms with Gasteiger partial charge in [0.1, 0.15) is 5.75 Å². The lowest BCUT2D eigenvalue weighted by molar-refractivity contribution is -0.384. The smallest absolute Gasteiger partial charge is 0.269 e. The molecule has 0 aliphatic rings. The lowest BCUT2D eigenvalue weighted by atomic mass is 10.1. The van der Waals surface area contributed by atoms with Crippen LogP contribution in [0.15, 0.2) is 54.6 Å². The predicted molar refractivity (Wildman–Crippen MR) is 97.3 cm³/mol. The minimum Gasteiger partial charge on any atom is -0.484 e.